The highest BCUT2D eigenvalue weighted by Gasteiger charge is 2.23. The Balaban J connectivity index is 2.16. The molecule has 0 radical (unpaired) electrons. The quantitative estimate of drug-likeness (QED) is 0.374. The maximum atomic E-state index is 12.6. The molecule has 1 heterocycles. The maximum absolute atomic E-state index is 12.6. The van der Waals surface area contributed by atoms with Gasteiger partial charge in [-0.05, 0) is 42.8 Å². The minimum Gasteiger partial charge on any atom is -0.461 e. The molecule has 8 heteroatoms. The summed E-state index contributed by atoms with van der Waals surface area (Å²) in [5.74, 6) is -0.655. The monoisotopic (exact) mass is 439 g/mol. The fourth-order valence-corrected chi connectivity index (χ4v) is 3.56. The molecule has 0 spiro atoms. The minimum absolute atomic E-state index is 0.210. The van der Waals surface area contributed by atoms with E-state index in [1.807, 2.05) is 6.07 Å². The van der Waals surface area contributed by atoms with Crippen molar-refractivity contribution in [3.05, 3.63) is 62.7 Å². The van der Waals surface area contributed by atoms with Crippen LogP contribution in [0.5, 0.6) is 5.75 Å². The van der Waals surface area contributed by atoms with Crippen molar-refractivity contribution in [1.29, 1.82) is 0 Å². The standard InChI is InChI=1S/C20H16Cl3NO4/c1-3-27-20(26)19-18(23)14-9-13(28-11(2)25)5-7-17(14)24(19)10-12-4-6-15(21)16(22)8-12/h4-9H,3,10H2,1-2H3. The summed E-state index contributed by atoms with van der Waals surface area (Å²) in [5, 5.41) is 1.65. The van der Waals surface area contributed by atoms with Gasteiger partial charge < -0.3 is 14.0 Å². The van der Waals surface area contributed by atoms with E-state index in [0.29, 0.717) is 33.2 Å². The Morgan fingerprint density at radius 1 is 1.04 bits per heavy atom. The fraction of sp³-hybridized carbons (Fsp3) is 0.200. The summed E-state index contributed by atoms with van der Waals surface area (Å²) >= 11 is 18.6. The third kappa shape index (κ3) is 4.12. The molecule has 0 atom stereocenters. The first-order chi connectivity index (χ1) is 13.3. The van der Waals surface area contributed by atoms with Crippen LogP contribution in [0.25, 0.3) is 10.9 Å². The van der Waals surface area contributed by atoms with E-state index in [1.54, 1.807) is 41.8 Å². The van der Waals surface area contributed by atoms with E-state index in [2.05, 4.69) is 0 Å². The average Bonchev–Trinajstić information content (AvgIpc) is 2.89. The number of carbonyl (C=O) groups is 2. The normalized spacial score (nSPS) is 10.9. The summed E-state index contributed by atoms with van der Waals surface area (Å²) in [4.78, 5) is 23.8. The van der Waals surface area contributed by atoms with Crippen LogP contribution in [0.15, 0.2) is 36.4 Å². The van der Waals surface area contributed by atoms with Crippen LogP contribution in [-0.4, -0.2) is 23.1 Å². The van der Waals surface area contributed by atoms with E-state index in [-0.39, 0.29) is 17.3 Å². The number of aromatic nitrogens is 1. The number of hydrogen-bond donors (Lipinski definition) is 0. The Labute approximate surface area is 176 Å². The van der Waals surface area contributed by atoms with Crippen LogP contribution in [0.4, 0.5) is 0 Å². The van der Waals surface area contributed by atoms with Crippen LogP contribution in [0.3, 0.4) is 0 Å². The molecule has 0 N–H and O–H groups in total. The Morgan fingerprint density at radius 3 is 2.43 bits per heavy atom. The van der Waals surface area contributed by atoms with Crippen molar-refractivity contribution >= 4 is 57.6 Å². The summed E-state index contributed by atoms with van der Waals surface area (Å²) in [6, 6.07) is 10.2. The van der Waals surface area contributed by atoms with E-state index in [0.717, 1.165) is 5.56 Å². The first-order valence-corrected chi connectivity index (χ1v) is 9.56. The maximum Gasteiger partial charge on any atom is 0.356 e. The molecule has 3 rings (SSSR count). The first kappa shape index (κ1) is 20.5. The predicted molar refractivity (Wildman–Crippen MR) is 110 cm³/mol. The molecule has 0 aliphatic carbocycles. The van der Waals surface area contributed by atoms with Crippen molar-refractivity contribution in [1.82, 2.24) is 4.57 Å². The lowest BCUT2D eigenvalue weighted by molar-refractivity contribution is -0.131. The Bertz CT molecular complexity index is 1070. The summed E-state index contributed by atoms with van der Waals surface area (Å²) in [6.07, 6.45) is 0. The smallest absolute Gasteiger partial charge is 0.356 e. The highest BCUT2D eigenvalue weighted by molar-refractivity contribution is 6.42. The second-order valence-electron chi connectivity index (χ2n) is 5.99. The second kappa shape index (κ2) is 8.43. The van der Waals surface area contributed by atoms with Gasteiger partial charge in [-0.15, -0.1) is 0 Å². The number of fused-ring (bicyclic) bond motifs is 1. The van der Waals surface area contributed by atoms with Gasteiger partial charge in [0.2, 0.25) is 0 Å². The van der Waals surface area contributed by atoms with Crippen molar-refractivity contribution in [3.63, 3.8) is 0 Å². The number of ether oxygens (including phenoxy) is 2. The van der Waals surface area contributed by atoms with E-state index in [9.17, 15) is 9.59 Å². The van der Waals surface area contributed by atoms with E-state index >= 15 is 0 Å². The van der Waals surface area contributed by atoms with Gasteiger partial charge in [-0.2, -0.15) is 0 Å². The van der Waals surface area contributed by atoms with Crippen molar-refractivity contribution in [3.8, 4) is 5.75 Å². The topological polar surface area (TPSA) is 57.5 Å². The van der Waals surface area contributed by atoms with Gasteiger partial charge in [-0.1, -0.05) is 40.9 Å². The van der Waals surface area contributed by atoms with Gasteiger partial charge in [-0.25, -0.2) is 4.79 Å². The SMILES string of the molecule is CCOC(=O)c1c(Cl)c2cc(OC(C)=O)ccc2n1Cc1ccc(Cl)c(Cl)c1. The first-order valence-electron chi connectivity index (χ1n) is 8.43. The average molecular weight is 441 g/mol. The molecule has 0 unspecified atom stereocenters. The number of hydrogen-bond acceptors (Lipinski definition) is 4. The van der Waals surface area contributed by atoms with Gasteiger partial charge in [0, 0.05) is 18.9 Å². The number of carbonyl (C=O) groups excluding carboxylic acids is 2. The molecule has 1 aromatic heterocycles. The van der Waals surface area contributed by atoms with Gasteiger partial charge in [-0.3, -0.25) is 4.79 Å². The molecule has 0 saturated heterocycles. The van der Waals surface area contributed by atoms with Crippen LogP contribution in [0, 0.1) is 0 Å². The molecular formula is C20H16Cl3NO4. The molecule has 3 aromatic rings. The fourth-order valence-electron chi connectivity index (χ4n) is 2.91. The van der Waals surface area contributed by atoms with E-state index in [4.69, 9.17) is 44.3 Å². The van der Waals surface area contributed by atoms with Gasteiger partial charge >= 0.3 is 11.9 Å². The third-order valence-electron chi connectivity index (χ3n) is 4.03. The lowest BCUT2D eigenvalue weighted by atomic mass is 10.2. The minimum atomic E-state index is -0.544. The number of halogens is 3. The van der Waals surface area contributed by atoms with E-state index in [1.165, 1.54) is 6.92 Å². The van der Waals surface area contributed by atoms with Crippen LogP contribution >= 0.6 is 34.8 Å². The van der Waals surface area contributed by atoms with Crippen molar-refractivity contribution in [2.75, 3.05) is 6.61 Å². The molecule has 0 bridgehead atoms. The lowest BCUT2D eigenvalue weighted by Gasteiger charge is -2.11. The Hall–Kier alpha value is -2.21. The van der Waals surface area contributed by atoms with Crippen molar-refractivity contribution < 1.29 is 19.1 Å². The van der Waals surface area contributed by atoms with Crippen molar-refractivity contribution in [2.45, 2.75) is 20.4 Å². The highest BCUT2D eigenvalue weighted by Crippen LogP contribution is 2.35. The molecule has 0 aliphatic heterocycles. The van der Waals surface area contributed by atoms with Gasteiger partial charge in [0.15, 0.2) is 0 Å². The Kier molecular flexibility index (Phi) is 6.18. The van der Waals surface area contributed by atoms with Crippen LogP contribution < -0.4 is 4.74 Å². The molecular weight excluding hydrogens is 425 g/mol. The molecule has 28 heavy (non-hydrogen) atoms. The predicted octanol–water partition coefficient (Wildman–Crippen LogP) is 5.75. The summed E-state index contributed by atoms with van der Waals surface area (Å²) in [7, 11) is 0. The molecule has 146 valence electrons. The second-order valence-corrected chi connectivity index (χ2v) is 7.18. The zero-order chi connectivity index (χ0) is 20.4. The molecule has 0 aliphatic rings. The zero-order valence-corrected chi connectivity index (χ0v) is 17.4. The van der Waals surface area contributed by atoms with Gasteiger partial charge in [0.25, 0.3) is 0 Å². The van der Waals surface area contributed by atoms with Crippen LogP contribution in [-0.2, 0) is 16.1 Å². The molecule has 0 fully saturated rings. The third-order valence-corrected chi connectivity index (χ3v) is 5.15. The zero-order valence-electron chi connectivity index (χ0n) is 15.1. The molecule has 0 saturated carbocycles. The molecule has 5 nitrogen and oxygen atoms in total. The number of nitrogens with zero attached hydrogens (tertiary/aromatic N) is 1. The van der Waals surface area contributed by atoms with Gasteiger partial charge in [0.1, 0.15) is 11.4 Å². The number of benzene rings is 2. The van der Waals surface area contributed by atoms with Crippen LogP contribution in [0.2, 0.25) is 15.1 Å². The number of esters is 2. The summed E-state index contributed by atoms with van der Waals surface area (Å²) < 4.78 is 12.0. The van der Waals surface area contributed by atoms with E-state index < -0.39 is 11.9 Å². The number of rotatable bonds is 5. The largest absolute Gasteiger partial charge is 0.461 e. The summed E-state index contributed by atoms with van der Waals surface area (Å²) in [6.45, 7) is 3.56. The lowest BCUT2D eigenvalue weighted by Crippen LogP contribution is -2.13. The Morgan fingerprint density at radius 2 is 1.79 bits per heavy atom. The van der Waals surface area contributed by atoms with Crippen LogP contribution in [0.1, 0.15) is 29.9 Å². The highest BCUT2D eigenvalue weighted by atomic mass is 35.5. The molecule has 2 aromatic carbocycles. The van der Waals surface area contributed by atoms with Gasteiger partial charge in [0.05, 0.1) is 27.2 Å². The van der Waals surface area contributed by atoms with Crippen molar-refractivity contribution in [2.24, 2.45) is 0 Å². The molecule has 0 amide bonds. The summed E-state index contributed by atoms with van der Waals surface area (Å²) in [5.41, 5.74) is 1.73.